The second-order valence-corrected chi connectivity index (χ2v) is 7.04. The Kier molecular flexibility index (Phi) is 4.70. The van der Waals surface area contributed by atoms with Crippen molar-refractivity contribution in [3.05, 3.63) is 89.9 Å². The second-order valence-electron chi connectivity index (χ2n) is 7.04. The molecule has 1 amide bonds. The van der Waals surface area contributed by atoms with Crippen molar-refractivity contribution in [3.63, 3.8) is 0 Å². The van der Waals surface area contributed by atoms with Crippen LogP contribution in [0.15, 0.2) is 61.6 Å². The lowest BCUT2D eigenvalue weighted by Crippen LogP contribution is -2.17. The molecular formula is C22H13F2N7O2. The molecule has 0 radical (unpaired) electrons. The number of aromatic amines is 1. The van der Waals surface area contributed by atoms with Gasteiger partial charge >= 0.3 is 0 Å². The van der Waals surface area contributed by atoms with Gasteiger partial charge in [0.05, 0.1) is 23.5 Å². The number of hydrogen-bond acceptors (Lipinski definition) is 6. The third kappa shape index (κ3) is 3.41. The van der Waals surface area contributed by atoms with E-state index in [9.17, 15) is 18.4 Å². The minimum absolute atomic E-state index is 0.0138. The van der Waals surface area contributed by atoms with Crippen molar-refractivity contribution in [2.45, 2.75) is 0 Å². The molecule has 33 heavy (non-hydrogen) atoms. The van der Waals surface area contributed by atoms with Crippen LogP contribution in [0.5, 0.6) is 0 Å². The van der Waals surface area contributed by atoms with E-state index in [4.69, 9.17) is 5.73 Å². The van der Waals surface area contributed by atoms with Crippen LogP contribution in [0.3, 0.4) is 0 Å². The zero-order valence-corrected chi connectivity index (χ0v) is 16.7. The van der Waals surface area contributed by atoms with Crippen LogP contribution in [0.4, 0.5) is 8.78 Å². The Morgan fingerprint density at radius 1 is 1.00 bits per heavy atom. The van der Waals surface area contributed by atoms with Gasteiger partial charge in [-0.05, 0) is 18.2 Å². The van der Waals surface area contributed by atoms with E-state index in [-0.39, 0.29) is 5.56 Å². The maximum atomic E-state index is 14.7. The van der Waals surface area contributed by atoms with Crippen molar-refractivity contribution in [1.29, 1.82) is 0 Å². The van der Waals surface area contributed by atoms with Crippen molar-refractivity contribution in [2.75, 3.05) is 0 Å². The van der Waals surface area contributed by atoms with Crippen molar-refractivity contribution in [2.24, 2.45) is 5.73 Å². The largest absolute Gasteiger partial charge is 0.366 e. The number of nitrogens with one attached hydrogen (secondary N) is 1. The van der Waals surface area contributed by atoms with Crippen LogP contribution in [-0.4, -0.2) is 41.4 Å². The molecule has 0 aliphatic rings. The highest BCUT2D eigenvalue weighted by Gasteiger charge is 2.26. The molecule has 9 nitrogen and oxygen atoms in total. The number of amides is 1. The molecule has 4 aromatic heterocycles. The number of carbonyl (C=O) groups is 2. The summed E-state index contributed by atoms with van der Waals surface area (Å²) < 4.78 is 30.6. The minimum atomic E-state index is -1.31. The number of rotatable bonds is 5. The molecule has 5 rings (SSSR count). The average molecular weight is 445 g/mol. The molecule has 0 aliphatic carbocycles. The van der Waals surface area contributed by atoms with Crippen LogP contribution in [-0.2, 0) is 0 Å². The van der Waals surface area contributed by atoms with E-state index < -0.39 is 34.5 Å². The Balaban J connectivity index is 1.58. The summed E-state index contributed by atoms with van der Waals surface area (Å²) in [6.07, 6.45) is 10.8. The molecule has 1 aromatic carbocycles. The maximum absolute atomic E-state index is 14.7. The molecule has 11 heteroatoms. The van der Waals surface area contributed by atoms with E-state index in [1.54, 1.807) is 37.1 Å². The van der Waals surface area contributed by atoms with Gasteiger partial charge in [-0.15, -0.1) is 0 Å². The molecule has 4 heterocycles. The van der Waals surface area contributed by atoms with Crippen LogP contribution in [0.2, 0.25) is 0 Å². The lowest BCUT2D eigenvalue weighted by Gasteiger charge is -2.07. The Bertz CT molecular complexity index is 1540. The molecule has 162 valence electrons. The fourth-order valence-corrected chi connectivity index (χ4v) is 3.44. The number of benzene rings is 1. The molecule has 5 aromatic rings. The van der Waals surface area contributed by atoms with Gasteiger partial charge in [-0.1, -0.05) is 0 Å². The number of nitrogens with two attached hydrogens (primary N) is 1. The Labute approximate surface area is 183 Å². The number of primary amides is 1. The molecule has 0 saturated carbocycles. The predicted octanol–water partition coefficient (Wildman–Crippen LogP) is 2.81. The normalized spacial score (nSPS) is 11.1. The second kappa shape index (κ2) is 7.71. The number of fused-ring (bicyclic) bond motifs is 1. The third-order valence-corrected chi connectivity index (χ3v) is 5.06. The summed E-state index contributed by atoms with van der Waals surface area (Å²) in [5, 5.41) is 4.59. The summed E-state index contributed by atoms with van der Waals surface area (Å²) in [5.41, 5.74) is 5.29. The zero-order chi connectivity index (χ0) is 23.1. The summed E-state index contributed by atoms with van der Waals surface area (Å²) in [6, 6.07) is 3.38. The van der Waals surface area contributed by atoms with Gasteiger partial charge in [0, 0.05) is 53.1 Å². The summed E-state index contributed by atoms with van der Waals surface area (Å²) in [6.45, 7) is 0. The van der Waals surface area contributed by atoms with Crippen molar-refractivity contribution < 1.29 is 18.4 Å². The first-order chi connectivity index (χ1) is 15.9. The van der Waals surface area contributed by atoms with Gasteiger partial charge in [0.1, 0.15) is 17.3 Å². The van der Waals surface area contributed by atoms with Crippen LogP contribution in [0.1, 0.15) is 26.3 Å². The molecule has 0 unspecified atom stereocenters. The predicted molar refractivity (Wildman–Crippen MR) is 113 cm³/mol. The molecule has 0 saturated heterocycles. The first-order valence-electron chi connectivity index (χ1n) is 9.55. The molecule has 0 aliphatic heterocycles. The van der Waals surface area contributed by atoms with Gasteiger partial charge in [0.15, 0.2) is 5.82 Å². The molecule has 0 spiro atoms. The zero-order valence-electron chi connectivity index (χ0n) is 16.7. The number of H-pyrrole nitrogens is 1. The summed E-state index contributed by atoms with van der Waals surface area (Å²) in [5.74, 6) is -3.96. The first-order valence-corrected chi connectivity index (χ1v) is 9.55. The number of nitrogens with zero attached hydrogens (tertiary/aromatic N) is 5. The topological polar surface area (TPSA) is 132 Å². The quantitative estimate of drug-likeness (QED) is 0.400. The van der Waals surface area contributed by atoms with E-state index in [2.05, 4.69) is 25.0 Å². The average Bonchev–Trinajstić information content (AvgIpc) is 3.46. The summed E-state index contributed by atoms with van der Waals surface area (Å²) in [7, 11) is 0. The molecule has 0 fully saturated rings. The Hall–Kier alpha value is -4.80. The van der Waals surface area contributed by atoms with Crippen molar-refractivity contribution in [1.82, 2.24) is 29.7 Å². The highest BCUT2D eigenvalue weighted by atomic mass is 19.1. The number of carbonyl (C=O) groups excluding carboxylic acids is 2. The number of hydrogen-bond donors (Lipinski definition) is 2. The minimum Gasteiger partial charge on any atom is -0.366 e. The number of ketones is 1. The van der Waals surface area contributed by atoms with Crippen LogP contribution in [0.25, 0.3) is 28.0 Å². The Morgan fingerprint density at radius 3 is 2.61 bits per heavy atom. The van der Waals surface area contributed by atoms with Gasteiger partial charge in [0.25, 0.3) is 5.91 Å². The van der Waals surface area contributed by atoms with E-state index in [0.29, 0.717) is 28.0 Å². The molecule has 0 atom stereocenters. The highest BCUT2D eigenvalue weighted by molar-refractivity contribution is 6.17. The monoisotopic (exact) mass is 445 g/mol. The fraction of sp³-hybridized carbons (Fsp3) is 0. The molecule has 0 bridgehead atoms. The maximum Gasteiger partial charge on any atom is 0.251 e. The lowest BCUT2D eigenvalue weighted by atomic mass is 9.98. The van der Waals surface area contributed by atoms with Crippen molar-refractivity contribution in [3.8, 4) is 16.9 Å². The SMILES string of the molecule is NC(=O)c1ccc(F)c(C(=O)c2c[nH]c3ncc(-c4cnn(-c5cnccn5)c4)cc23)c1F. The van der Waals surface area contributed by atoms with Gasteiger partial charge in [0.2, 0.25) is 5.78 Å². The van der Waals surface area contributed by atoms with Gasteiger partial charge in [-0.25, -0.2) is 23.4 Å². The lowest BCUT2D eigenvalue weighted by molar-refractivity contribution is 0.0996. The number of pyridine rings is 1. The van der Waals surface area contributed by atoms with E-state index in [1.807, 2.05) is 0 Å². The number of aromatic nitrogens is 6. The Morgan fingerprint density at radius 2 is 1.85 bits per heavy atom. The van der Waals surface area contributed by atoms with Crippen LogP contribution >= 0.6 is 0 Å². The number of halogens is 2. The van der Waals surface area contributed by atoms with Crippen molar-refractivity contribution >= 4 is 22.7 Å². The smallest absolute Gasteiger partial charge is 0.251 e. The fourth-order valence-electron chi connectivity index (χ4n) is 3.44. The summed E-state index contributed by atoms with van der Waals surface area (Å²) >= 11 is 0. The third-order valence-electron chi connectivity index (χ3n) is 5.06. The molecular weight excluding hydrogens is 432 g/mol. The van der Waals surface area contributed by atoms with Gasteiger partial charge < -0.3 is 10.7 Å². The van der Waals surface area contributed by atoms with E-state index >= 15 is 0 Å². The highest BCUT2D eigenvalue weighted by Crippen LogP contribution is 2.28. The van der Waals surface area contributed by atoms with Crippen LogP contribution < -0.4 is 5.73 Å². The molecule has 3 N–H and O–H groups in total. The standard InChI is InChI=1S/C22H13F2N7O2/c23-16-2-1-13(21(25)33)19(24)18(16)20(32)15-8-29-22-14(15)5-11(6-28-22)12-7-30-31(10-12)17-9-26-3-4-27-17/h1-10H,(H2,25,33)(H,28,29). The van der Waals surface area contributed by atoms with E-state index in [1.165, 1.54) is 17.1 Å². The van der Waals surface area contributed by atoms with Gasteiger partial charge in [-0.3, -0.25) is 14.6 Å². The first kappa shape index (κ1) is 20.1. The van der Waals surface area contributed by atoms with Crippen LogP contribution in [0, 0.1) is 11.6 Å². The van der Waals surface area contributed by atoms with E-state index in [0.717, 1.165) is 12.1 Å². The van der Waals surface area contributed by atoms with Gasteiger partial charge in [-0.2, -0.15) is 5.10 Å². The summed E-state index contributed by atoms with van der Waals surface area (Å²) in [4.78, 5) is 39.8.